The highest BCUT2D eigenvalue weighted by Crippen LogP contribution is 2.29. The predicted octanol–water partition coefficient (Wildman–Crippen LogP) is 2.70. The second kappa shape index (κ2) is 5.83. The normalized spacial score (nSPS) is 11.1. The number of nitro groups is 1. The molecule has 1 heterocycles. The van der Waals surface area contributed by atoms with Crippen LogP contribution in [0.4, 0.5) is 11.5 Å². The van der Waals surface area contributed by atoms with E-state index in [0.29, 0.717) is 12.8 Å². The number of hydrogen-bond donors (Lipinski definition) is 2. The van der Waals surface area contributed by atoms with Crippen molar-refractivity contribution in [2.24, 2.45) is 0 Å². The Bertz CT molecular complexity index is 503. The summed E-state index contributed by atoms with van der Waals surface area (Å²) in [5, 5.41) is 22.6. The van der Waals surface area contributed by atoms with Crippen molar-refractivity contribution in [3.05, 3.63) is 27.4 Å². The van der Waals surface area contributed by atoms with Gasteiger partial charge in [0.1, 0.15) is 17.6 Å². The van der Waals surface area contributed by atoms with Gasteiger partial charge in [0.05, 0.1) is 9.95 Å². The lowest BCUT2D eigenvalue weighted by Crippen LogP contribution is -2.45. The largest absolute Gasteiger partial charge is 0.480 e. The molecule has 1 rings (SSSR count). The molecule has 8 heteroatoms. The summed E-state index contributed by atoms with van der Waals surface area (Å²) in [5.74, 6) is -0.896. The number of halogens is 1. The van der Waals surface area contributed by atoms with E-state index in [4.69, 9.17) is 11.6 Å². The number of carbonyl (C=O) groups is 1. The average molecular weight is 288 g/mol. The summed E-state index contributed by atoms with van der Waals surface area (Å²) >= 11 is 5.88. The maximum absolute atomic E-state index is 11.3. The molecule has 0 atom stereocenters. The van der Waals surface area contributed by atoms with Crippen LogP contribution in [0, 0.1) is 10.1 Å². The third-order valence-corrected chi connectivity index (χ3v) is 3.30. The molecule has 104 valence electrons. The molecule has 0 bridgehead atoms. The molecule has 19 heavy (non-hydrogen) atoms. The van der Waals surface area contributed by atoms with Gasteiger partial charge in [0.15, 0.2) is 0 Å². The lowest BCUT2D eigenvalue weighted by Gasteiger charge is -2.28. The molecule has 0 saturated carbocycles. The van der Waals surface area contributed by atoms with Crippen LogP contribution in [0.3, 0.4) is 0 Å². The summed E-state index contributed by atoms with van der Waals surface area (Å²) in [6.45, 7) is 3.45. The Morgan fingerprint density at radius 2 is 2.16 bits per heavy atom. The molecule has 0 radical (unpaired) electrons. The highest BCUT2D eigenvalue weighted by Gasteiger charge is 2.35. The van der Waals surface area contributed by atoms with Gasteiger partial charge in [-0.1, -0.05) is 25.4 Å². The number of carboxylic acid groups (broad SMARTS) is 1. The zero-order valence-electron chi connectivity index (χ0n) is 10.5. The fourth-order valence-corrected chi connectivity index (χ4v) is 1.84. The van der Waals surface area contributed by atoms with Crippen molar-refractivity contribution in [3.63, 3.8) is 0 Å². The first kappa shape index (κ1) is 15.2. The number of nitrogens with one attached hydrogen (secondary N) is 1. The molecule has 0 aromatic carbocycles. The summed E-state index contributed by atoms with van der Waals surface area (Å²) in [6, 6.07) is 1.13. The molecule has 0 fully saturated rings. The number of aliphatic carboxylic acids is 1. The zero-order chi connectivity index (χ0) is 14.6. The highest BCUT2D eigenvalue weighted by molar-refractivity contribution is 6.33. The van der Waals surface area contributed by atoms with E-state index in [-0.39, 0.29) is 16.5 Å². The molecule has 7 nitrogen and oxygen atoms in total. The van der Waals surface area contributed by atoms with E-state index in [1.165, 1.54) is 0 Å². The van der Waals surface area contributed by atoms with Gasteiger partial charge in [0.25, 0.3) is 5.69 Å². The molecular weight excluding hydrogens is 274 g/mol. The lowest BCUT2D eigenvalue weighted by molar-refractivity contribution is -0.385. The first-order valence-electron chi connectivity index (χ1n) is 5.67. The Labute approximate surface area is 114 Å². The third-order valence-electron chi connectivity index (χ3n) is 3.01. The molecule has 0 saturated heterocycles. The maximum atomic E-state index is 11.3. The van der Waals surface area contributed by atoms with Gasteiger partial charge < -0.3 is 10.4 Å². The van der Waals surface area contributed by atoms with Crippen LogP contribution < -0.4 is 5.32 Å². The minimum absolute atomic E-state index is 0.0155. The number of carboxylic acids is 1. The minimum Gasteiger partial charge on any atom is -0.480 e. The first-order chi connectivity index (χ1) is 8.86. The van der Waals surface area contributed by atoms with Gasteiger partial charge in [-0.05, 0) is 12.8 Å². The molecule has 0 amide bonds. The van der Waals surface area contributed by atoms with Crippen LogP contribution in [-0.2, 0) is 4.79 Å². The molecule has 0 aliphatic heterocycles. The van der Waals surface area contributed by atoms with Crippen molar-refractivity contribution >= 4 is 29.1 Å². The number of pyridine rings is 1. The summed E-state index contributed by atoms with van der Waals surface area (Å²) in [4.78, 5) is 25.1. The first-order valence-corrected chi connectivity index (χ1v) is 6.05. The van der Waals surface area contributed by atoms with Crippen LogP contribution in [0.5, 0.6) is 0 Å². The van der Waals surface area contributed by atoms with Crippen molar-refractivity contribution < 1.29 is 14.8 Å². The molecule has 0 aliphatic rings. The second-order valence-electron chi connectivity index (χ2n) is 4.00. The smallest absolute Gasteiger partial charge is 0.329 e. The Morgan fingerprint density at radius 1 is 1.58 bits per heavy atom. The Hall–Kier alpha value is -1.89. The van der Waals surface area contributed by atoms with Crippen molar-refractivity contribution in [2.45, 2.75) is 32.2 Å². The standard InChI is InChI=1S/C11H14ClN3O4/c1-3-11(4-2,10(16)17)14-9-8(12)5-7(6-13-9)15(18)19/h5-6H,3-4H2,1-2H3,(H,13,14)(H,16,17). The number of anilines is 1. The lowest BCUT2D eigenvalue weighted by atomic mass is 9.93. The van der Waals surface area contributed by atoms with Crippen LogP contribution in [-0.4, -0.2) is 26.5 Å². The Kier molecular flexibility index (Phi) is 4.66. The van der Waals surface area contributed by atoms with E-state index in [1.54, 1.807) is 13.8 Å². The molecular formula is C11H14ClN3O4. The quantitative estimate of drug-likeness (QED) is 0.615. The molecule has 1 aromatic rings. The van der Waals surface area contributed by atoms with Gasteiger partial charge in [-0.25, -0.2) is 9.78 Å². The van der Waals surface area contributed by atoms with Crippen LogP contribution in [0.15, 0.2) is 12.3 Å². The predicted molar refractivity (Wildman–Crippen MR) is 70.5 cm³/mol. The van der Waals surface area contributed by atoms with Crippen molar-refractivity contribution in [1.29, 1.82) is 0 Å². The topological polar surface area (TPSA) is 105 Å². The van der Waals surface area contributed by atoms with Gasteiger partial charge in [0, 0.05) is 6.07 Å². The van der Waals surface area contributed by atoms with Crippen molar-refractivity contribution in [3.8, 4) is 0 Å². The monoisotopic (exact) mass is 287 g/mol. The van der Waals surface area contributed by atoms with E-state index in [1.807, 2.05) is 0 Å². The molecule has 0 aliphatic carbocycles. The molecule has 0 unspecified atom stereocenters. The molecule has 1 aromatic heterocycles. The van der Waals surface area contributed by atoms with E-state index in [0.717, 1.165) is 12.3 Å². The van der Waals surface area contributed by atoms with E-state index in [2.05, 4.69) is 10.3 Å². The van der Waals surface area contributed by atoms with Crippen molar-refractivity contribution in [1.82, 2.24) is 4.98 Å². The average Bonchev–Trinajstić information content (AvgIpc) is 2.37. The van der Waals surface area contributed by atoms with Crippen LogP contribution in [0.1, 0.15) is 26.7 Å². The minimum atomic E-state index is -1.19. The summed E-state index contributed by atoms with van der Waals surface area (Å²) < 4.78 is 0. The van der Waals surface area contributed by atoms with E-state index >= 15 is 0 Å². The maximum Gasteiger partial charge on any atom is 0.329 e. The van der Waals surface area contributed by atoms with Crippen LogP contribution in [0.2, 0.25) is 5.02 Å². The Balaban J connectivity index is 3.11. The summed E-state index contributed by atoms with van der Waals surface area (Å²) in [5.41, 5.74) is -1.43. The summed E-state index contributed by atoms with van der Waals surface area (Å²) in [7, 11) is 0. The van der Waals surface area contributed by atoms with Gasteiger partial charge in [-0.3, -0.25) is 10.1 Å². The van der Waals surface area contributed by atoms with Crippen molar-refractivity contribution in [2.75, 3.05) is 5.32 Å². The molecule has 2 N–H and O–H groups in total. The number of nitrogens with zero attached hydrogens (tertiary/aromatic N) is 2. The number of hydrogen-bond acceptors (Lipinski definition) is 5. The van der Waals surface area contributed by atoms with Gasteiger partial charge in [0.2, 0.25) is 0 Å². The SMILES string of the molecule is CCC(CC)(Nc1ncc([N+](=O)[O-])cc1Cl)C(=O)O. The zero-order valence-corrected chi connectivity index (χ0v) is 11.3. The fourth-order valence-electron chi connectivity index (χ4n) is 1.63. The molecule has 0 spiro atoms. The number of aromatic nitrogens is 1. The van der Waals surface area contributed by atoms with E-state index < -0.39 is 16.4 Å². The van der Waals surface area contributed by atoms with E-state index in [9.17, 15) is 20.0 Å². The fraction of sp³-hybridized carbons (Fsp3) is 0.455. The van der Waals surface area contributed by atoms with Gasteiger partial charge in [-0.15, -0.1) is 0 Å². The van der Waals surface area contributed by atoms with Crippen LogP contribution in [0.25, 0.3) is 0 Å². The van der Waals surface area contributed by atoms with Gasteiger partial charge in [-0.2, -0.15) is 0 Å². The third kappa shape index (κ3) is 3.11. The van der Waals surface area contributed by atoms with Gasteiger partial charge >= 0.3 is 5.97 Å². The number of rotatable bonds is 6. The second-order valence-corrected chi connectivity index (χ2v) is 4.41. The van der Waals surface area contributed by atoms with Crippen LogP contribution >= 0.6 is 11.6 Å². The summed E-state index contributed by atoms with van der Waals surface area (Å²) in [6.07, 6.45) is 1.69. The highest BCUT2D eigenvalue weighted by atomic mass is 35.5. The Morgan fingerprint density at radius 3 is 2.53 bits per heavy atom.